The number of carbonyl (C=O) groups excluding carboxylic acids is 2. The number of carbonyl (C=O) groups is 2. The number of hydrogen-bond donors (Lipinski definition) is 4. The molecule has 0 bridgehead atoms. The van der Waals surface area contributed by atoms with Gasteiger partial charge in [0.25, 0.3) is 0 Å². The molecule has 1 aromatic carbocycles. The monoisotopic (exact) mass is 300 g/mol. The van der Waals surface area contributed by atoms with Crippen LogP contribution in [0.5, 0.6) is 0 Å². The number of amides is 2. The number of rotatable bonds is 7. The highest BCUT2D eigenvalue weighted by Gasteiger charge is 2.29. The van der Waals surface area contributed by atoms with Gasteiger partial charge in [-0.1, -0.05) is 0 Å². The summed E-state index contributed by atoms with van der Waals surface area (Å²) in [6.45, 7) is 0. The lowest BCUT2D eigenvalue weighted by Crippen LogP contribution is -2.44. The summed E-state index contributed by atoms with van der Waals surface area (Å²) >= 11 is 0. The molecule has 0 spiro atoms. The smallest absolute Gasteiger partial charge is 0.218 e. The molecule has 0 aliphatic carbocycles. The van der Waals surface area contributed by atoms with Gasteiger partial charge < -0.3 is 22.9 Å². The fraction of sp³-hybridized carbons (Fsp3) is 0.385. The van der Waals surface area contributed by atoms with Crippen LogP contribution in [0.15, 0.2) is 18.2 Å². The Morgan fingerprint density at radius 3 is 1.62 bits per heavy atom. The van der Waals surface area contributed by atoms with E-state index in [-0.39, 0.29) is 18.4 Å². The zero-order valence-corrected chi connectivity index (χ0v) is 11.3. The molecule has 0 fully saturated rings. The first-order chi connectivity index (χ1) is 9.70. The first-order valence-corrected chi connectivity index (χ1v) is 6.24. The minimum absolute atomic E-state index is 0.148. The minimum atomic E-state index is -0.891. The second-order valence-corrected chi connectivity index (χ2v) is 4.90. The van der Waals surface area contributed by atoms with Crippen LogP contribution in [0.1, 0.15) is 24.3 Å². The van der Waals surface area contributed by atoms with Crippen LogP contribution in [-0.2, 0) is 9.59 Å². The molecule has 2 amide bonds. The van der Waals surface area contributed by atoms with Gasteiger partial charge >= 0.3 is 0 Å². The van der Waals surface area contributed by atoms with E-state index in [0.717, 1.165) is 12.1 Å². The first kappa shape index (κ1) is 17.0. The molecular weight excluding hydrogens is 282 g/mol. The molecule has 0 radical (unpaired) electrons. The molecule has 0 aromatic heterocycles. The van der Waals surface area contributed by atoms with E-state index in [1.54, 1.807) is 0 Å². The quantitative estimate of drug-likeness (QED) is 0.536. The third kappa shape index (κ3) is 5.09. The Morgan fingerprint density at radius 2 is 1.29 bits per heavy atom. The molecule has 116 valence electrons. The van der Waals surface area contributed by atoms with Crippen molar-refractivity contribution in [2.75, 3.05) is 0 Å². The maximum atomic E-state index is 13.3. The van der Waals surface area contributed by atoms with Gasteiger partial charge in [-0.3, -0.25) is 9.59 Å². The van der Waals surface area contributed by atoms with E-state index in [1.165, 1.54) is 0 Å². The van der Waals surface area contributed by atoms with Crippen LogP contribution in [0.3, 0.4) is 0 Å². The van der Waals surface area contributed by atoms with Gasteiger partial charge in [-0.25, -0.2) is 8.78 Å². The predicted octanol–water partition coefficient (Wildman–Crippen LogP) is -0.546. The van der Waals surface area contributed by atoms with Crippen molar-refractivity contribution < 1.29 is 18.4 Å². The molecule has 0 heterocycles. The van der Waals surface area contributed by atoms with Gasteiger partial charge in [-0.05, 0) is 17.7 Å². The van der Waals surface area contributed by atoms with Crippen molar-refractivity contribution >= 4 is 11.8 Å². The van der Waals surface area contributed by atoms with Crippen LogP contribution in [0, 0.1) is 11.6 Å². The van der Waals surface area contributed by atoms with Crippen LogP contribution in [0.4, 0.5) is 8.78 Å². The van der Waals surface area contributed by atoms with E-state index in [0.29, 0.717) is 6.07 Å². The summed E-state index contributed by atoms with van der Waals surface area (Å²) < 4.78 is 26.7. The second kappa shape index (κ2) is 7.09. The maximum Gasteiger partial charge on any atom is 0.218 e. The molecule has 1 aromatic rings. The van der Waals surface area contributed by atoms with Gasteiger partial charge in [0.2, 0.25) is 11.8 Å². The normalized spacial score (nSPS) is 15.2. The SMILES string of the molecule is NC(=O)CC(N)C(c1cc(F)cc(F)c1)C(N)CC(N)=O. The summed E-state index contributed by atoms with van der Waals surface area (Å²) in [6, 6.07) is 1.01. The Hall–Kier alpha value is -2.06. The molecule has 0 saturated heterocycles. The molecule has 2 unspecified atom stereocenters. The van der Waals surface area contributed by atoms with Crippen LogP contribution >= 0.6 is 0 Å². The number of nitrogens with two attached hydrogens (primary N) is 4. The van der Waals surface area contributed by atoms with Gasteiger partial charge in [-0.2, -0.15) is 0 Å². The van der Waals surface area contributed by atoms with E-state index in [1.807, 2.05) is 0 Å². The number of hydrogen-bond acceptors (Lipinski definition) is 4. The van der Waals surface area contributed by atoms with Crippen molar-refractivity contribution in [3.8, 4) is 0 Å². The fourth-order valence-corrected chi connectivity index (χ4v) is 2.30. The molecule has 0 aliphatic heterocycles. The second-order valence-electron chi connectivity index (χ2n) is 4.90. The van der Waals surface area contributed by atoms with Gasteiger partial charge in [0.05, 0.1) is 0 Å². The Morgan fingerprint density at radius 1 is 0.905 bits per heavy atom. The lowest BCUT2D eigenvalue weighted by Gasteiger charge is -2.28. The van der Waals surface area contributed by atoms with Crippen molar-refractivity contribution in [2.24, 2.45) is 22.9 Å². The highest BCUT2D eigenvalue weighted by Crippen LogP contribution is 2.26. The van der Waals surface area contributed by atoms with E-state index >= 15 is 0 Å². The van der Waals surface area contributed by atoms with E-state index < -0.39 is 41.5 Å². The third-order valence-electron chi connectivity index (χ3n) is 3.07. The van der Waals surface area contributed by atoms with Crippen LogP contribution in [-0.4, -0.2) is 23.9 Å². The number of halogens is 2. The summed E-state index contributed by atoms with van der Waals surface area (Å²) in [5.41, 5.74) is 22.0. The lowest BCUT2D eigenvalue weighted by molar-refractivity contribution is -0.118. The maximum absolute atomic E-state index is 13.3. The average molecular weight is 300 g/mol. The highest BCUT2D eigenvalue weighted by molar-refractivity contribution is 5.75. The zero-order valence-electron chi connectivity index (χ0n) is 11.3. The number of primary amides is 2. The lowest BCUT2D eigenvalue weighted by atomic mass is 9.82. The molecule has 6 nitrogen and oxygen atoms in total. The Kier molecular flexibility index (Phi) is 5.74. The van der Waals surface area contributed by atoms with Crippen LogP contribution in [0.2, 0.25) is 0 Å². The molecule has 1 rings (SSSR count). The summed E-state index contributed by atoms with van der Waals surface area (Å²) in [4.78, 5) is 22.0. The van der Waals surface area contributed by atoms with Crippen molar-refractivity contribution in [2.45, 2.75) is 30.8 Å². The standard InChI is InChI=1S/C13H18F2N4O2/c14-7-1-6(2-8(15)3-7)13(9(16)4-11(18)20)10(17)5-12(19)21/h1-3,9-10,13H,4-5,16-17H2,(H2,18,20)(H2,19,21). The van der Waals surface area contributed by atoms with E-state index in [4.69, 9.17) is 22.9 Å². The van der Waals surface area contributed by atoms with Gasteiger partial charge in [0, 0.05) is 36.9 Å². The summed E-state index contributed by atoms with van der Waals surface area (Å²) in [6.07, 6.45) is -0.482. The van der Waals surface area contributed by atoms with Crippen molar-refractivity contribution in [3.05, 3.63) is 35.4 Å². The fourth-order valence-electron chi connectivity index (χ4n) is 2.30. The third-order valence-corrected chi connectivity index (χ3v) is 3.07. The van der Waals surface area contributed by atoms with E-state index in [9.17, 15) is 18.4 Å². The summed E-state index contributed by atoms with van der Waals surface area (Å²) in [5.74, 6) is -3.83. The summed E-state index contributed by atoms with van der Waals surface area (Å²) in [7, 11) is 0. The molecule has 8 heteroatoms. The molecule has 0 saturated carbocycles. The average Bonchev–Trinajstić information content (AvgIpc) is 2.24. The molecule has 2 atom stereocenters. The Bertz CT molecular complexity index is 497. The van der Waals surface area contributed by atoms with Crippen molar-refractivity contribution in [1.82, 2.24) is 0 Å². The Balaban J connectivity index is 3.16. The van der Waals surface area contributed by atoms with Gasteiger partial charge in [-0.15, -0.1) is 0 Å². The van der Waals surface area contributed by atoms with Crippen LogP contribution < -0.4 is 22.9 Å². The van der Waals surface area contributed by atoms with Crippen molar-refractivity contribution in [3.63, 3.8) is 0 Å². The van der Waals surface area contributed by atoms with Crippen molar-refractivity contribution in [1.29, 1.82) is 0 Å². The first-order valence-electron chi connectivity index (χ1n) is 6.24. The predicted molar refractivity (Wildman–Crippen MR) is 72.7 cm³/mol. The topological polar surface area (TPSA) is 138 Å². The van der Waals surface area contributed by atoms with Gasteiger partial charge in [0.1, 0.15) is 11.6 Å². The number of benzene rings is 1. The minimum Gasteiger partial charge on any atom is -0.370 e. The summed E-state index contributed by atoms with van der Waals surface area (Å²) in [5, 5.41) is 0. The molecular formula is C13H18F2N4O2. The van der Waals surface area contributed by atoms with Gasteiger partial charge in [0.15, 0.2) is 0 Å². The molecule has 8 N–H and O–H groups in total. The zero-order chi connectivity index (χ0) is 16.2. The van der Waals surface area contributed by atoms with Crippen LogP contribution in [0.25, 0.3) is 0 Å². The highest BCUT2D eigenvalue weighted by atomic mass is 19.1. The molecule has 21 heavy (non-hydrogen) atoms. The molecule has 0 aliphatic rings. The largest absolute Gasteiger partial charge is 0.370 e. The Labute approximate surface area is 120 Å². The van der Waals surface area contributed by atoms with E-state index in [2.05, 4.69) is 0 Å².